The topological polar surface area (TPSA) is 44.9 Å². The van der Waals surface area contributed by atoms with Crippen molar-refractivity contribution >= 4 is 38.4 Å². The van der Waals surface area contributed by atoms with E-state index in [9.17, 15) is 4.79 Å². The third kappa shape index (κ3) is 2.92. The van der Waals surface area contributed by atoms with Crippen LogP contribution in [0.3, 0.4) is 0 Å². The molecule has 3 aromatic rings. The number of hydrogen-bond acceptors (Lipinski definition) is 1. The van der Waals surface area contributed by atoms with Gasteiger partial charge in [-0.3, -0.25) is 4.79 Å². The third-order valence-electron chi connectivity index (χ3n) is 3.62. The molecule has 0 spiro atoms. The number of para-hydroxylation sites is 1. The Hall–Kier alpha value is -2.07. The van der Waals surface area contributed by atoms with E-state index in [0.29, 0.717) is 5.69 Å². The van der Waals surface area contributed by atoms with Gasteiger partial charge in [0.1, 0.15) is 5.69 Å². The molecule has 0 unspecified atom stereocenters. The van der Waals surface area contributed by atoms with Gasteiger partial charge in [-0.15, -0.1) is 0 Å². The number of hydrogen-bond donors (Lipinski definition) is 2. The van der Waals surface area contributed by atoms with E-state index in [4.69, 9.17) is 0 Å². The second kappa shape index (κ2) is 6.36. The molecule has 0 aliphatic carbocycles. The molecule has 22 heavy (non-hydrogen) atoms. The lowest BCUT2D eigenvalue weighted by Gasteiger charge is -2.05. The van der Waals surface area contributed by atoms with Gasteiger partial charge in [0.2, 0.25) is 0 Å². The summed E-state index contributed by atoms with van der Waals surface area (Å²) in [6.07, 6.45) is 2.18. The molecule has 0 atom stereocenters. The monoisotopic (exact) mass is 356 g/mol. The van der Waals surface area contributed by atoms with Crippen LogP contribution in [0, 0.1) is 0 Å². The number of carbonyl (C=O) groups excluding carboxylic acids is 1. The minimum absolute atomic E-state index is 0.147. The highest BCUT2D eigenvalue weighted by atomic mass is 79.9. The summed E-state index contributed by atoms with van der Waals surface area (Å²) < 4.78 is 0.795. The fraction of sp³-hybridized carbons (Fsp3) is 0.167. The van der Waals surface area contributed by atoms with E-state index in [1.165, 1.54) is 5.56 Å². The second-order valence-electron chi connectivity index (χ2n) is 5.26. The van der Waals surface area contributed by atoms with E-state index in [0.717, 1.165) is 33.9 Å². The fourth-order valence-electron chi connectivity index (χ4n) is 2.50. The molecule has 112 valence electrons. The maximum atomic E-state index is 12.4. The van der Waals surface area contributed by atoms with Crippen LogP contribution in [0.2, 0.25) is 0 Å². The lowest BCUT2D eigenvalue weighted by atomic mass is 10.1. The van der Waals surface area contributed by atoms with Crippen molar-refractivity contribution in [2.45, 2.75) is 19.8 Å². The van der Waals surface area contributed by atoms with Crippen molar-refractivity contribution in [3.05, 3.63) is 64.3 Å². The largest absolute Gasteiger partial charge is 0.350 e. The molecule has 0 aliphatic heterocycles. The van der Waals surface area contributed by atoms with Gasteiger partial charge < -0.3 is 10.3 Å². The van der Waals surface area contributed by atoms with E-state index < -0.39 is 0 Å². The van der Waals surface area contributed by atoms with Gasteiger partial charge in [0.15, 0.2) is 0 Å². The summed E-state index contributed by atoms with van der Waals surface area (Å²) in [5, 5.41) is 3.93. The number of H-pyrrole nitrogens is 1. The number of aromatic nitrogens is 1. The summed E-state index contributed by atoms with van der Waals surface area (Å²) >= 11 is 3.51. The molecule has 0 aliphatic rings. The average Bonchev–Trinajstić information content (AvgIpc) is 2.87. The van der Waals surface area contributed by atoms with Gasteiger partial charge in [-0.05, 0) is 46.1 Å². The zero-order chi connectivity index (χ0) is 15.5. The first-order chi connectivity index (χ1) is 10.7. The number of anilines is 1. The van der Waals surface area contributed by atoms with Crippen molar-refractivity contribution in [1.82, 2.24) is 4.98 Å². The summed E-state index contributed by atoms with van der Waals surface area (Å²) in [5.41, 5.74) is 3.57. The van der Waals surface area contributed by atoms with Crippen LogP contribution in [0.25, 0.3) is 10.9 Å². The summed E-state index contributed by atoms with van der Waals surface area (Å²) in [5.74, 6) is -0.147. The minimum Gasteiger partial charge on any atom is -0.350 e. The maximum Gasteiger partial charge on any atom is 0.273 e. The van der Waals surface area contributed by atoms with Crippen molar-refractivity contribution in [3.63, 3.8) is 0 Å². The number of nitrogens with one attached hydrogen (secondary N) is 2. The summed E-state index contributed by atoms with van der Waals surface area (Å²) in [6, 6.07) is 15.8. The Morgan fingerprint density at radius 1 is 1.14 bits per heavy atom. The Balaban J connectivity index is 1.82. The molecule has 0 radical (unpaired) electrons. The molecule has 3 nitrogen and oxygen atoms in total. The lowest BCUT2D eigenvalue weighted by Crippen LogP contribution is -2.12. The first-order valence-electron chi connectivity index (χ1n) is 7.35. The first-order valence-corrected chi connectivity index (χ1v) is 8.15. The average molecular weight is 357 g/mol. The molecule has 0 saturated carbocycles. The Kier molecular flexibility index (Phi) is 4.29. The number of carbonyl (C=O) groups is 1. The van der Waals surface area contributed by atoms with Crippen molar-refractivity contribution < 1.29 is 4.79 Å². The van der Waals surface area contributed by atoms with Crippen molar-refractivity contribution in [2.75, 3.05) is 5.32 Å². The van der Waals surface area contributed by atoms with Gasteiger partial charge in [-0.25, -0.2) is 0 Å². The second-order valence-corrected chi connectivity index (χ2v) is 6.05. The molecule has 0 fully saturated rings. The van der Waals surface area contributed by atoms with Crippen LogP contribution in [0.4, 0.5) is 5.69 Å². The molecule has 4 heteroatoms. The molecule has 1 amide bonds. The van der Waals surface area contributed by atoms with Crippen LogP contribution >= 0.6 is 15.9 Å². The number of halogens is 1. The van der Waals surface area contributed by atoms with Crippen LogP contribution < -0.4 is 5.32 Å². The number of aromatic amines is 1. The van der Waals surface area contributed by atoms with Gasteiger partial charge in [-0.1, -0.05) is 43.7 Å². The summed E-state index contributed by atoms with van der Waals surface area (Å²) in [7, 11) is 0. The first kappa shape index (κ1) is 14.9. The molecule has 2 aromatic carbocycles. The van der Waals surface area contributed by atoms with Crippen molar-refractivity contribution in [2.24, 2.45) is 0 Å². The Morgan fingerprint density at radius 3 is 2.55 bits per heavy atom. The number of fused-ring (bicyclic) bond motifs is 1. The SMILES string of the molecule is CCCc1ccc(NC(=O)c2[nH]c3ccccc3c2Br)cc1. The Labute approximate surface area is 137 Å². The Bertz CT molecular complexity index is 806. The van der Waals surface area contributed by atoms with Crippen LogP contribution in [-0.4, -0.2) is 10.9 Å². The maximum absolute atomic E-state index is 12.4. The number of benzene rings is 2. The number of rotatable bonds is 4. The van der Waals surface area contributed by atoms with Crippen molar-refractivity contribution in [1.29, 1.82) is 0 Å². The van der Waals surface area contributed by atoms with Crippen LogP contribution in [0.1, 0.15) is 29.4 Å². The van der Waals surface area contributed by atoms with E-state index in [-0.39, 0.29) is 5.91 Å². The minimum atomic E-state index is -0.147. The van der Waals surface area contributed by atoms with E-state index in [1.54, 1.807) is 0 Å². The molecule has 0 saturated heterocycles. The van der Waals surface area contributed by atoms with Crippen molar-refractivity contribution in [3.8, 4) is 0 Å². The molecule has 0 bridgehead atoms. The smallest absolute Gasteiger partial charge is 0.273 e. The van der Waals surface area contributed by atoms with Gasteiger partial charge in [-0.2, -0.15) is 0 Å². The van der Waals surface area contributed by atoms with E-state index in [1.807, 2.05) is 36.4 Å². The predicted molar refractivity (Wildman–Crippen MR) is 94.4 cm³/mol. The Morgan fingerprint density at radius 2 is 1.86 bits per heavy atom. The molecule has 3 rings (SSSR count). The van der Waals surface area contributed by atoms with Gasteiger partial charge in [0.25, 0.3) is 5.91 Å². The molecule has 2 N–H and O–H groups in total. The van der Waals surface area contributed by atoms with E-state index in [2.05, 4.69) is 45.3 Å². The highest BCUT2D eigenvalue weighted by Gasteiger charge is 2.15. The van der Waals surface area contributed by atoms with Crippen LogP contribution in [0.15, 0.2) is 53.0 Å². The quantitative estimate of drug-likeness (QED) is 0.668. The zero-order valence-corrected chi connectivity index (χ0v) is 13.9. The summed E-state index contributed by atoms with van der Waals surface area (Å²) in [6.45, 7) is 2.16. The predicted octanol–water partition coefficient (Wildman–Crippen LogP) is 5.14. The lowest BCUT2D eigenvalue weighted by molar-refractivity contribution is 0.102. The number of aryl methyl sites for hydroxylation is 1. The van der Waals surface area contributed by atoms with E-state index >= 15 is 0 Å². The molecule has 1 heterocycles. The fourth-order valence-corrected chi connectivity index (χ4v) is 3.13. The van der Waals surface area contributed by atoms with Crippen LogP contribution in [0.5, 0.6) is 0 Å². The number of amides is 1. The molecule has 1 aromatic heterocycles. The zero-order valence-electron chi connectivity index (χ0n) is 12.3. The van der Waals surface area contributed by atoms with Gasteiger partial charge >= 0.3 is 0 Å². The van der Waals surface area contributed by atoms with Gasteiger partial charge in [0.05, 0.1) is 4.47 Å². The normalized spacial score (nSPS) is 10.8. The highest BCUT2D eigenvalue weighted by Crippen LogP contribution is 2.28. The summed E-state index contributed by atoms with van der Waals surface area (Å²) in [4.78, 5) is 15.6. The molecular formula is C18H17BrN2O. The van der Waals surface area contributed by atoms with Crippen LogP contribution in [-0.2, 0) is 6.42 Å². The van der Waals surface area contributed by atoms with Gasteiger partial charge in [0, 0.05) is 16.6 Å². The molecular weight excluding hydrogens is 340 g/mol. The standard InChI is InChI=1S/C18H17BrN2O/c1-2-5-12-8-10-13(11-9-12)20-18(22)17-16(19)14-6-3-4-7-15(14)21-17/h3-4,6-11,21H,2,5H2,1H3,(H,20,22). The highest BCUT2D eigenvalue weighted by molar-refractivity contribution is 9.10. The third-order valence-corrected chi connectivity index (χ3v) is 4.44.